The van der Waals surface area contributed by atoms with E-state index in [2.05, 4.69) is 0 Å². The summed E-state index contributed by atoms with van der Waals surface area (Å²) >= 11 is 6.05. The first-order valence-corrected chi connectivity index (χ1v) is 5.32. The average Bonchev–Trinajstić information content (AvgIpc) is 2.29. The van der Waals surface area contributed by atoms with Gasteiger partial charge in [0.1, 0.15) is 5.75 Å². The molecular weight excluding hydrogens is 226 g/mol. The summed E-state index contributed by atoms with van der Waals surface area (Å²) in [6.45, 7) is 1.01. The van der Waals surface area contributed by atoms with Crippen LogP contribution in [0.3, 0.4) is 0 Å². The van der Waals surface area contributed by atoms with Crippen molar-refractivity contribution in [3.63, 3.8) is 0 Å². The highest BCUT2D eigenvalue weighted by atomic mass is 35.5. The Morgan fingerprint density at radius 2 is 2.12 bits per heavy atom. The number of methoxy groups -OCH3 is 2. The van der Waals surface area contributed by atoms with Gasteiger partial charge in [0.2, 0.25) is 0 Å². The zero-order valence-corrected chi connectivity index (χ0v) is 10.3. The second-order valence-electron chi connectivity index (χ2n) is 3.26. The lowest BCUT2D eigenvalue weighted by molar-refractivity contribution is 0.184. The molecule has 0 bridgehead atoms. The van der Waals surface area contributed by atoms with Crippen LogP contribution in [0.4, 0.5) is 0 Å². The van der Waals surface area contributed by atoms with Crippen LogP contribution in [-0.2, 0) is 11.3 Å². The van der Waals surface area contributed by atoms with E-state index in [-0.39, 0.29) is 0 Å². The standard InChI is InChI=1S/C12H16ClNO2/c1-15-8-10-7-12(16-2)11(13)6-9(10)4-3-5-14/h3-4,6-7H,5,8,14H2,1-2H3/b4-3+. The SMILES string of the molecule is COCc1cc(OC)c(Cl)cc1/C=C/CN. The third-order valence-corrected chi connectivity index (χ3v) is 2.44. The number of hydrogen-bond donors (Lipinski definition) is 1. The molecule has 88 valence electrons. The Kier molecular flexibility index (Phi) is 5.32. The molecule has 0 radical (unpaired) electrons. The topological polar surface area (TPSA) is 44.5 Å². The smallest absolute Gasteiger partial charge is 0.137 e. The molecule has 1 aromatic carbocycles. The van der Waals surface area contributed by atoms with Crippen LogP contribution in [0.1, 0.15) is 11.1 Å². The molecule has 0 aliphatic carbocycles. The monoisotopic (exact) mass is 241 g/mol. The number of ether oxygens (including phenoxy) is 2. The number of nitrogens with two attached hydrogens (primary N) is 1. The highest BCUT2D eigenvalue weighted by Crippen LogP contribution is 2.29. The van der Waals surface area contributed by atoms with Crippen LogP contribution in [0.25, 0.3) is 6.08 Å². The van der Waals surface area contributed by atoms with Gasteiger partial charge in [-0.2, -0.15) is 0 Å². The van der Waals surface area contributed by atoms with Gasteiger partial charge in [-0.05, 0) is 23.3 Å². The van der Waals surface area contributed by atoms with Gasteiger partial charge in [-0.15, -0.1) is 0 Å². The third kappa shape index (κ3) is 3.23. The van der Waals surface area contributed by atoms with Crippen molar-refractivity contribution in [3.05, 3.63) is 34.4 Å². The van der Waals surface area contributed by atoms with Crippen LogP contribution >= 0.6 is 11.6 Å². The van der Waals surface area contributed by atoms with Crippen molar-refractivity contribution in [2.45, 2.75) is 6.61 Å². The minimum absolute atomic E-state index is 0.496. The summed E-state index contributed by atoms with van der Waals surface area (Å²) in [7, 11) is 3.24. The average molecular weight is 242 g/mol. The molecule has 2 N–H and O–H groups in total. The lowest BCUT2D eigenvalue weighted by atomic mass is 10.1. The Hall–Kier alpha value is -1.03. The van der Waals surface area contributed by atoms with Crippen molar-refractivity contribution in [3.8, 4) is 5.75 Å². The van der Waals surface area contributed by atoms with Gasteiger partial charge < -0.3 is 15.2 Å². The first kappa shape index (κ1) is 13.0. The summed E-state index contributed by atoms with van der Waals surface area (Å²) in [5.41, 5.74) is 7.44. The van der Waals surface area contributed by atoms with Crippen LogP contribution in [-0.4, -0.2) is 20.8 Å². The van der Waals surface area contributed by atoms with Crippen molar-refractivity contribution in [1.82, 2.24) is 0 Å². The summed E-state index contributed by atoms with van der Waals surface area (Å²) in [6.07, 6.45) is 3.80. The predicted octanol–water partition coefficient (Wildman–Crippen LogP) is 2.47. The fraction of sp³-hybridized carbons (Fsp3) is 0.333. The Bertz CT molecular complexity index is 378. The van der Waals surface area contributed by atoms with E-state index in [0.29, 0.717) is 23.9 Å². The molecule has 0 heterocycles. The molecule has 0 aromatic heterocycles. The van der Waals surface area contributed by atoms with Crippen LogP contribution in [0, 0.1) is 0 Å². The number of benzene rings is 1. The van der Waals surface area contributed by atoms with Crippen molar-refractivity contribution in [2.24, 2.45) is 5.73 Å². The summed E-state index contributed by atoms with van der Waals surface area (Å²) < 4.78 is 10.3. The van der Waals surface area contributed by atoms with E-state index in [1.54, 1.807) is 14.2 Å². The summed E-state index contributed by atoms with van der Waals surface area (Å²) in [4.78, 5) is 0. The van der Waals surface area contributed by atoms with E-state index in [9.17, 15) is 0 Å². The van der Waals surface area contributed by atoms with Crippen molar-refractivity contribution < 1.29 is 9.47 Å². The molecule has 0 saturated heterocycles. The molecule has 0 fully saturated rings. The van der Waals surface area contributed by atoms with Gasteiger partial charge in [-0.3, -0.25) is 0 Å². The first-order valence-electron chi connectivity index (χ1n) is 4.95. The minimum Gasteiger partial charge on any atom is -0.495 e. The van der Waals surface area contributed by atoms with Gasteiger partial charge in [0.25, 0.3) is 0 Å². The van der Waals surface area contributed by atoms with Crippen molar-refractivity contribution in [1.29, 1.82) is 0 Å². The van der Waals surface area contributed by atoms with E-state index in [1.807, 2.05) is 24.3 Å². The summed E-state index contributed by atoms with van der Waals surface area (Å²) in [5, 5.41) is 0.582. The second-order valence-corrected chi connectivity index (χ2v) is 3.66. The van der Waals surface area contributed by atoms with E-state index >= 15 is 0 Å². The van der Waals surface area contributed by atoms with E-state index < -0.39 is 0 Å². The highest BCUT2D eigenvalue weighted by Gasteiger charge is 2.07. The zero-order chi connectivity index (χ0) is 12.0. The molecule has 0 aliphatic heterocycles. The molecule has 0 saturated carbocycles. The quantitative estimate of drug-likeness (QED) is 0.861. The predicted molar refractivity (Wildman–Crippen MR) is 66.8 cm³/mol. The summed E-state index contributed by atoms with van der Waals surface area (Å²) in [6, 6.07) is 3.73. The molecule has 1 rings (SSSR count). The maximum absolute atomic E-state index is 6.05. The molecule has 16 heavy (non-hydrogen) atoms. The zero-order valence-electron chi connectivity index (χ0n) is 9.50. The van der Waals surface area contributed by atoms with Gasteiger partial charge in [0.05, 0.1) is 18.7 Å². The van der Waals surface area contributed by atoms with Gasteiger partial charge >= 0.3 is 0 Å². The number of hydrogen-bond acceptors (Lipinski definition) is 3. The number of rotatable bonds is 5. The molecule has 0 atom stereocenters. The Labute approximate surface area is 101 Å². The summed E-state index contributed by atoms with van der Waals surface area (Å²) in [5.74, 6) is 0.651. The van der Waals surface area contributed by atoms with Gasteiger partial charge in [0.15, 0.2) is 0 Å². The third-order valence-electron chi connectivity index (χ3n) is 2.15. The van der Waals surface area contributed by atoms with Gasteiger partial charge in [-0.1, -0.05) is 23.8 Å². The molecular formula is C12H16ClNO2. The van der Waals surface area contributed by atoms with Crippen molar-refractivity contribution in [2.75, 3.05) is 20.8 Å². The molecule has 4 heteroatoms. The number of halogens is 1. The normalized spacial score (nSPS) is 11.0. The van der Waals surface area contributed by atoms with Crippen LogP contribution < -0.4 is 10.5 Å². The maximum Gasteiger partial charge on any atom is 0.137 e. The molecule has 0 unspecified atom stereocenters. The first-order chi connectivity index (χ1) is 7.72. The van der Waals surface area contributed by atoms with E-state index in [0.717, 1.165) is 11.1 Å². The van der Waals surface area contributed by atoms with Gasteiger partial charge in [-0.25, -0.2) is 0 Å². The largest absolute Gasteiger partial charge is 0.495 e. The van der Waals surface area contributed by atoms with E-state index in [1.165, 1.54) is 0 Å². The Morgan fingerprint density at radius 3 is 2.69 bits per heavy atom. The van der Waals surface area contributed by atoms with Crippen LogP contribution in [0.15, 0.2) is 18.2 Å². The lowest BCUT2D eigenvalue weighted by Gasteiger charge is -2.10. The minimum atomic E-state index is 0.496. The van der Waals surface area contributed by atoms with Gasteiger partial charge in [0, 0.05) is 13.7 Å². The molecule has 0 spiro atoms. The molecule has 0 amide bonds. The highest BCUT2D eigenvalue weighted by molar-refractivity contribution is 6.32. The van der Waals surface area contributed by atoms with Crippen molar-refractivity contribution >= 4 is 17.7 Å². The van der Waals surface area contributed by atoms with E-state index in [4.69, 9.17) is 26.8 Å². The Morgan fingerprint density at radius 1 is 1.38 bits per heavy atom. The molecule has 0 aliphatic rings. The lowest BCUT2D eigenvalue weighted by Crippen LogP contribution is -1.96. The molecule has 1 aromatic rings. The maximum atomic E-state index is 6.05. The molecule has 3 nitrogen and oxygen atoms in total. The fourth-order valence-corrected chi connectivity index (χ4v) is 1.65. The van der Waals surface area contributed by atoms with Crippen LogP contribution in [0.2, 0.25) is 5.02 Å². The second kappa shape index (κ2) is 6.53. The van der Waals surface area contributed by atoms with Crippen LogP contribution in [0.5, 0.6) is 5.75 Å². The fourth-order valence-electron chi connectivity index (χ4n) is 1.40. The Balaban J connectivity index is 3.13.